The maximum atomic E-state index is 12.6. The molecule has 0 saturated heterocycles. The summed E-state index contributed by atoms with van der Waals surface area (Å²) in [6.45, 7) is 13.0. The topological polar surface area (TPSA) is 36.4 Å². The molecule has 0 unspecified atom stereocenters. The molecule has 5 heteroatoms. The molecule has 1 heterocycles. The van der Waals surface area contributed by atoms with E-state index in [-0.39, 0.29) is 5.91 Å². The van der Waals surface area contributed by atoms with E-state index in [0.29, 0.717) is 11.6 Å². The summed E-state index contributed by atoms with van der Waals surface area (Å²) in [5.41, 5.74) is 0.512. The van der Waals surface area contributed by atoms with Gasteiger partial charge in [0.1, 0.15) is 5.69 Å². The minimum atomic E-state index is 0.0170. The summed E-state index contributed by atoms with van der Waals surface area (Å²) < 4.78 is 0.887. The van der Waals surface area contributed by atoms with E-state index in [1.54, 1.807) is 12.3 Å². The predicted molar refractivity (Wildman–Crippen MR) is 90.5 cm³/mol. The van der Waals surface area contributed by atoms with Crippen molar-refractivity contribution >= 4 is 21.8 Å². The predicted octanol–water partition coefficient (Wildman–Crippen LogP) is 3.28. The van der Waals surface area contributed by atoms with Crippen molar-refractivity contribution in [2.24, 2.45) is 5.92 Å². The van der Waals surface area contributed by atoms with Crippen molar-refractivity contribution in [1.82, 2.24) is 14.8 Å². The lowest BCUT2D eigenvalue weighted by atomic mass is 10.2. The molecule has 1 rings (SSSR count). The molecule has 118 valence electrons. The zero-order valence-electron chi connectivity index (χ0n) is 13.5. The van der Waals surface area contributed by atoms with Crippen LogP contribution in [0.15, 0.2) is 22.8 Å². The molecule has 0 spiro atoms. The van der Waals surface area contributed by atoms with Crippen LogP contribution in [0, 0.1) is 5.92 Å². The van der Waals surface area contributed by atoms with Crippen LogP contribution < -0.4 is 0 Å². The van der Waals surface area contributed by atoms with Gasteiger partial charge in [0.2, 0.25) is 0 Å². The largest absolute Gasteiger partial charge is 0.336 e. The highest BCUT2D eigenvalue weighted by Crippen LogP contribution is 2.10. The lowest BCUT2D eigenvalue weighted by Crippen LogP contribution is -2.40. The molecule has 4 nitrogen and oxygen atoms in total. The van der Waals surface area contributed by atoms with E-state index >= 15 is 0 Å². The van der Waals surface area contributed by atoms with Gasteiger partial charge in [-0.25, -0.2) is 4.98 Å². The number of pyridine rings is 1. The molecule has 0 N–H and O–H groups in total. The van der Waals surface area contributed by atoms with E-state index in [1.165, 1.54) is 0 Å². The van der Waals surface area contributed by atoms with E-state index in [1.807, 2.05) is 11.0 Å². The first kappa shape index (κ1) is 18.1. The number of hydrogen-bond donors (Lipinski definition) is 0. The number of aromatic nitrogens is 1. The second-order valence-corrected chi connectivity index (χ2v) is 6.45. The lowest BCUT2D eigenvalue weighted by Gasteiger charge is -2.27. The van der Waals surface area contributed by atoms with Crippen molar-refractivity contribution in [3.8, 4) is 0 Å². The second kappa shape index (κ2) is 9.15. The molecular weight excluding hydrogens is 330 g/mol. The maximum absolute atomic E-state index is 12.6. The van der Waals surface area contributed by atoms with E-state index in [2.05, 4.69) is 53.5 Å². The van der Waals surface area contributed by atoms with Crippen molar-refractivity contribution in [2.45, 2.75) is 27.7 Å². The van der Waals surface area contributed by atoms with Crippen LogP contribution in [0.25, 0.3) is 0 Å². The molecule has 0 aliphatic rings. The fourth-order valence-corrected chi connectivity index (χ4v) is 2.42. The Bertz CT molecular complexity index is 430. The Hall–Kier alpha value is -0.940. The summed E-state index contributed by atoms with van der Waals surface area (Å²) in [7, 11) is 0. The van der Waals surface area contributed by atoms with Gasteiger partial charge in [-0.3, -0.25) is 4.79 Å². The minimum absolute atomic E-state index is 0.0170. The normalized spacial score (nSPS) is 11.2. The highest BCUT2D eigenvalue weighted by atomic mass is 79.9. The smallest absolute Gasteiger partial charge is 0.272 e. The highest BCUT2D eigenvalue weighted by molar-refractivity contribution is 9.10. The van der Waals surface area contributed by atoms with Gasteiger partial charge in [-0.05, 0) is 47.1 Å². The van der Waals surface area contributed by atoms with Crippen LogP contribution in [-0.2, 0) is 0 Å². The Balaban J connectivity index is 2.76. The van der Waals surface area contributed by atoms with Crippen LogP contribution in [-0.4, -0.2) is 53.4 Å². The zero-order valence-corrected chi connectivity index (χ0v) is 15.1. The highest BCUT2D eigenvalue weighted by Gasteiger charge is 2.18. The Morgan fingerprint density at radius 2 is 1.90 bits per heavy atom. The van der Waals surface area contributed by atoms with Crippen LogP contribution in [0.2, 0.25) is 0 Å². The number of amides is 1. The fourth-order valence-electron chi connectivity index (χ4n) is 2.18. The number of rotatable bonds is 8. The molecule has 1 aromatic heterocycles. The number of likely N-dealkylation sites (N-methyl/N-ethyl adjacent to an activating group) is 1. The molecule has 0 atom stereocenters. The first-order valence-electron chi connectivity index (χ1n) is 7.61. The van der Waals surface area contributed by atoms with Crippen LogP contribution in [0.1, 0.15) is 38.2 Å². The standard InChI is InChI=1S/C16H26BrN3O/c1-5-19(6-2)9-10-20(12-13(3)4)16(21)15-8-7-14(17)11-18-15/h7-8,11,13H,5-6,9-10,12H2,1-4H3. The molecule has 0 aliphatic heterocycles. The van der Waals surface area contributed by atoms with Gasteiger partial charge in [-0.15, -0.1) is 0 Å². The van der Waals surface area contributed by atoms with Gasteiger partial charge in [0, 0.05) is 30.3 Å². The van der Waals surface area contributed by atoms with Gasteiger partial charge >= 0.3 is 0 Å². The van der Waals surface area contributed by atoms with Gasteiger partial charge in [0.15, 0.2) is 0 Å². The number of halogens is 1. The number of carbonyl (C=O) groups excluding carboxylic acids is 1. The van der Waals surface area contributed by atoms with Gasteiger partial charge in [-0.2, -0.15) is 0 Å². The summed E-state index contributed by atoms with van der Waals surface area (Å²) in [6, 6.07) is 3.63. The van der Waals surface area contributed by atoms with E-state index in [0.717, 1.165) is 37.2 Å². The number of nitrogens with zero attached hydrogens (tertiary/aromatic N) is 3. The van der Waals surface area contributed by atoms with E-state index < -0.39 is 0 Å². The molecule has 0 saturated carbocycles. The summed E-state index contributed by atoms with van der Waals surface area (Å²) in [5.74, 6) is 0.462. The average molecular weight is 356 g/mol. The molecule has 0 radical (unpaired) electrons. The van der Waals surface area contributed by atoms with Crippen molar-refractivity contribution in [1.29, 1.82) is 0 Å². The van der Waals surface area contributed by atoms with Gasteiger partial charge in [0.05, 0.1) is 0 Å². The third-order valence-electron chi connectivity index (χ3n) is 3.40. The van der Waals surface area contributed by atoms with Crippen molar-refractivity contribution in [2.75, 3.05) is 32.7 Å². The summed E-state index contributed by atoms with van der Waals surface area (Å²) >= 11 is 3.35. The Kier molecular flexibility index (Phi) is 7.89. The summed E-state index contributed by atoms with van der Waals surface area (Å²) in [5, 5.41) is 0. The Morgan fingerprint density at radius 3 is 2.38 bits per heavy atom. The van der Waals surface area contributed by atoms with Crippen LogP contribution >= 0.6 is 15.9 Å². The van der Waals surface area contributed by atoms with Gasteiger partial charge < -0.3 is 9.80 Å². The second-order valence-electron chi connectivity index (χ2n) is 5.53. The fraction of sp³-hybridized carbons (Fsp3) is 0.625. The van der Waals surface area contributed by atoms with Crippen LogP contribution in [0.3, 0.4) is 0 Å². The molecule has 1 amide bonds. The Morgan fingerprint density at radius 1 is 1.24 bits per heavy atom. The van der Waals surface area contributed by atoms with E-state index in [9.17, 15) is 4.79 Å². The van der Waals surface area contributed by atoms with Gasteiger partial charge in [0.25, 0.3) is 5.91 Å². The zero-order chi connectivity index (χ0) is 15.8. The van der Waals surface area contributed by atoms with E-state index in [4.69, 9.17) is 0 Å². The van der Waals surface area contributed by atoms with Crippen LogP contribution in [0.5, 0.6) is 0 Å². The molecule has 0 bridgehead atoms. The first-order valence-corrected chi connectivity index (χ1v) is 8.40. The minimum Gasteiger partial charge on any atom is -0.336 e. The summed E-state index contributed by atoms with van der Waals surface area (Å²) in [6.07, 6.45) is 1.67. The average Bonchev–Trinajstić information content (AvgIpc) is 2.46. The maximum Gasteiger partial charge on any atom is 0.272 e. The monoisotopic (exact) mass is 355 g/mol. The van der Waals surface area contributed by atoms with Gasteiger partial charge in [-0.1, -0.05) is 27.7 Å². The van der Waals surface area contributed by atoms with Crippen LogP contribution in [0.4, 0.5) is 0 Å². The number of hydrogen-bond acceptors (Lipinski definition) is 3. The third-order valence-corrected chi connectivity index (χ3v) is 3.87. The molecule has 0 aromatic carbocycles. The van der Waals surface area contributed by atoms with Crippen molar-refractivity contribution in [3.05, 3.63) is 28.5 Å². The third kappa shape index (κ3) is 6.14. The first-order chi connectivity index (χ1) is 9.97. The molecule has 0 aliphatic carbocycles. The van der Waals surface area contributed by atoms with Crippen molar-refractivity contribution < 1.29 is 4.79 Å². The molecule has 21 heavy (non-hydrogen) atoms. The molecular formula is C16H26BrN3O. The van der Waals surface area contributed by atoms with Crippen molar-refractivity contribution in [3.63, 3.8) is 0 Å². The lowest BCUT2D eigenvalue weighted by molar-refractivity contribution is 0.0710. The summed E-state index contributed by atoms with van der Waals surface area (Å²) in [4.78, 5) is 21.1. The Labute approximate surface area is 136 Å². The quantitative estimate of drug-likeness (QED) is 0.717. The SMILES string of the molecule is CCN(CC)CCN(CC(C)C)C(=O)c1ccc(Br)cn1. The number of carbonyl (C=O) groups is 1. The molecule has 0 fully saturated rings. The molecule has 1 aromatic rings.